The zero-order valence-corrected chi connectivity index (χ0v) is 34.0. The van der Waals surface area contributed by atoms with E-state index in [-0.39, 0.29) is 96.9 Å². The van der Waals surface area contributed by atoms with E-state index < -0.39 is 17.2 Å². The number of nitrogens with two attached hydrogens (primary N) is 1. The van der Waals surface area contributed by atoms with Crippen LogP contribution >= 0.6 is 11.6 Å². The van der Waals surface area contributed by atoms with Crippen molar-refractivity contribution in [3.05, 3.63) is 119 Å². The molecule has 0 bridgehead atoms. The normalized spacial score (nSPS) is 13.2. The predicted octanol–water partition coefficient (Wildman–Crippen LogP) is 5.88. The molecule has 1 saturated carbocycles. The van der Waals surface area contributed by atoms with Gasteiger partial charge >= 0.3 is 51.4 Å². The van der Waals surface area contributed by atoms with Crippen molar-refractivity contribution in [1.29, 1.82) is 5.41 Å². The molecule has 1 heterocycles. The maximum atomic E-state index is 14.6. The number of aryl methyl sites for hydroxylation is 1. The summed E-state index contributed by atoms with van der Waals surface area (Å²) in [6, 6.07) is 3.43. The molecule has 6 nitrogen and oxygen atoms in total. The van der Waals surface area contributed by atoms with E-state index in [1.807, 2.05) is 13.8 Å². The summed E-state index contributed by atoms with van der Waals surface area (Å²) in [5.41, 5.74) is 5.25. The van der Waals surface area contributed by atoms with Gasteiger partial charge in [0.15, 0.2) is 5.60 Å². The molecule has 1 aromatic heterocycles. The Kier molecular flexibility index (Phi) is 27.6. The number of halogens is 3. The van der Waals surface area contributed by atoms with E-state index in [2.05, 4.69) is 62.0 Å². The maximum Gasteiger partial charge on any atom is 1.00 e. The number of rotatable bonds is 7. The van der Waals surface area contributed by atoms with Crippen LogP contribution in [0.4, 0.5) is 8.78 Å². The van der Waals surface area contributed by atoms with Crippen molar-refractivity contribution >= 4 is 17.3 Å². The van der Waals surface area contributed by atoms with Gasteiger partial charge in [-0.15, -0.1) is 19.6 Å². The average Bonchev–Trinajstić information content (AvgIpc) is 3.97. The largest absolute Gasteiger partial charge is 1.00 e. The third-order valence-electron chi connectivity index (χ3n) is 6.01. The van der Waals surface area contributed by atoms with Gasteiger partial charge < -0.3 is 32.7 Å². The van der Waals surface area contributed by atoms with Crippen molar-refractivity contribution in [2.24, 2.45) is 5.73 Å². The van der Waals surface area contributed by atoms with E-state index in [0.717, 1.165) is 6.07 Å². The Morgan fingerprint density at radius 1 is 1.19 bits per heavy atom. The minimum Gasteiger partial charge on any atom is -0.507 e. The van der Waals surface area contributed by atoms with Crippen LogP contribution in [0.5, 0.6) is 0 Å². The van der Waals surface area contributed by atoms with Crippen molar-refractivity contribution < 1.29 is 70.0 Å². The number of hydrogen-bond acceptors (Lipinski definition) is 6. The van der Waals surface area contributed by atoms with Gasteiger partial charge in [0.2, 0.25) is 0 Å². The quantitative estimate of drug-likeness (QED) is 0.0947. The Balaban J connectivity index is -0.00000136. The first-order chi connectivity index (χ1) is 22.3. The molecule has 1 atom stereocenters. The number of nitrogens with one attached hydrogen (secondary N) is 2. The molecule has 2 aromatic rings. The summed E-state index contributed by atoms with van der Waals surface area (Å²) in [7, 11) is 2.92. The van der Waals surface area contributed by atoms with Gasteiger partial charge in [0.25, 0.3) is 0 Å². The Hall–Kier alpha value is -2.39. The number of hydrogen-bond donors (Lipinski definition) is 4. The van der Waals surface area contributed by atoms with Crippen LogP contribution in [0, 0.1) is 56.2 Å². The minimum atomic E-state index is -1.92. The molecule has 1 aromatic carbocycles. The molecule has 2 aliphatic carbocycles. The molecule has 0 aliphatic heterocycles. The number of terminal acetylenes is 1. The number of pyridine rings is 1. The maximum absolute atomic E-state index is 14.6. The predicted molar refractivity (Wildman–Crippen MR) is 195 cm³/mol. The number of aliphatic hydroxyl groups is 1. The number of allylic oxidation sites excluding steroid dienone is 3. The summed E-state index contributed by atoms with van der Waals surface area (Å²) >= 11 is 5.87. The SMILES string of the molecule is C#CC(O)(CNC(=C)C1=CC(=[CH-])C(=N)C(OC)=C1)c1cc(C)c(C)c(-c2cc(Cl)c(F)cc2F)n1.C=C.CC.CCC.CN.[CH-]1CC1.[K+]. The molecule has 1 unspecified atom stereocenters. The summed E-state index contributed by atoms with van der Waals surface area (Å²) in [6.07, 6.45) is 15.1. The number of methoxy groups -OCH3 is 1. The van der Waals surface area contributed by atoms with Crippen LogP contribution in [-0.2, 0) is 10.3 Å². The zero-order chi connectivity index (χ0) is 36.9. The van der Waals surface area contributed by atoms with Crippen LogP contribution in [0.3, 0.4) is 0 Å². The van der Waals surface area contributed by atoms with Gasteiger partial charge in [0, 0.05) is 17.3 Å². The fourth-order valence-electron chi connectivity index (χ4n) is 3.44. The van der Waals surface area contributed by atoms with Crippen molar-refractivity contribution in [2.45, 2.75) is 66.4 Å². The van der Waals surface area contributed by atoms with E-state index in [0.29, 0.717) is 28.5 Å². The second kappa shape index (κ2) is 26.5. The van der Waals surface area contributed by atoms with E-state index in [4.69, 9.17) is 34.7 Å². The molecule has 2 aliphatic rings. The van der Waals surface area contributed by atoms with Gasteiger partial charge in [-0.2, -0.15) is 11.6 Å². The Morgan fingerprint density at radius 3 is 2.17 bits per heavy atom. The van der Waals surface area contributed by atoms with Gasteiger partial charge in [-0.05, 0) is 55.9 Å². The summed E-state index contributed by atoms with van der Waals surface area (Å²) in [5.74, 6) is 0.856. The Morgan fingerprint density at radius 2 is 1.71 bits per heavy atom. The number of benzene rings is 1. The molecule has 10 heteroatoms. The first-order valence-electron chi connectivity index (χ1n) is 15.2. The fraction of sp³-hybridized carbons (Fsp3) is 0.342. The summed E-state index contributed by atoms with van der Waals surface area (Å²) in [5, 5.41) is 21.9. The second-order valence-electron chi connectivity index (χ2n) is 9.60. The first kappa shape index (κ1) is 50.0. The molecule has 0 amide bonds. The fourth-order valence-corrected chi connectivity index (χ4v) is 3.60. The standard InChI is InChI=1S/C27H23ClF2N3O2.C3H5.C3H8.C2H6.C2H4.CH5N.K/c1-7-27(34,13-32-17(5)18-8-15(3)25(31)23(10-18)35-6)24-9-14(2)16(4)26(33-24)19-11-20(28)22(30)12-21(19)29;1-2-3-1;1-3-2;3*1-2;/h1,3,8-12,31-32,34H,5,13H2,2,4,6H3;1H,2-3H2;3H2,1-2H3;1-2H3;1-2H2;2H2,1H3;/q2*-1;;;;;+1. The molecular weight excluding hydrogens is 657 g/mol. The first-order valence-corrected chi connectivity index (χ1v) is 15.6. The molecule has 258 valence electrons. The van der Waals surface area contributed by atoms with Crippen LogP contribution < -0.4 is 62.4 Å². The monoisotopic (exact) mass is 707 g/mol. The van der Waals surface area contributed by atoms with Crippen LogP contribution in [-0.4, -0.2) is 36.5 Å². The van der Waals surface area contributed by atoms with Gasteiger partial charge in [0.1, 0.15) is 11.6 Å². The summed E-state index contributed by atoms with van der Waals surface area (Å²) in [4.78, 5) is 4.43. The van der Waals surface area contributed by atoms with Crippen molar-refractivity contribution in [3.8, 4) is 23.6 Å². The zero-order valence-electron chi connectivity index (χ0n) is 30.1. The smallest absolute Gasteiger partial charge is 0.507 e. The molecule has 0 spiro atoms. The molecule has 0 radical (unpaired) electrons. The molecule has 1 fully saturated rings. The summed E-state index contributed by atoms with van der Waals surface area (Å²) < 4.78 is 33.5. The van der Waals surface area contributed by atoms with Crippen LogP contribution in [0.25, 0.3) is 11.3 Å². The van der Waals surface area contributed by atoms with E-state index in [1.54, 1.807) is 32.1 Å². The van der Waals surface area contributed by atoms with Gasteiger partial charge in [-0.25, -0.2) is 33.2 Å². The third-order valence-corrected chi connectivity index (χ3v) is 6.30. The van der Waals surface area contributed by atoms with Gasteiger partial charge in [-0.1, -0.05) is 63.8 Å². The molecule has 5 N–H and O–H groups in total. The number of nitrogens with zero attached hydrogens (tertiary/aromatic N) is 1. The van der Waals surface area contributed by atoms with Gasteiger partial charge in [0.05, 0.1) is 35.8 Å². The van der Waals surface area contributed by atoms with Crippen LogP contribution in [0.1, 0.15) is 63.8 Å². The number of ether oxygens (including phenoxy) is 1. The van der Waals surface area contributed by atoms with E-state index >= 15 is 0 Å². The number of aromatic nitrogens is 1. The third kappa shape index (κ3) is 15.4. The minimum absolute atomic E-state index is 0. The molecule has 0 saturated heterocycles. The van der Waals surface area contributed by atoms with Crippen LogP contribution in [0.2, 0.25) is 5.02 Å². The molecule has 48 heavy (non-hydrogen) atoms. The van der Waals surface area contributed by atoms with Crippen molar-refractivity contribution in [2.75, 3.05) is 20.7 Å². The second-order valence-corrected chi connectivity index (χ2v) is 10.0. The summed E-state index contributed by atoms with van der Waals surface area (Å²) in [6.45, 7) is 27.4. The van der Waals surface area contributed by atoms with Gasteiger partial charge in [-0.3, -0.25) is 0 Å². The van der Waals surface area contributed by atoms with Crippen molar-refractivity contribution in [3.63, 3.8) is 0 Å². The van der Waals surface area contributed by atoms with E-state index in [9.17, 15) is 13.9 Å². The molecule has 4 rings (SSSR count). The topological polar surface area (TPSA) is 104 Å². The average molecular weight is 708 g/mol. The van der Waals surface area contributed by atoms with E-state index in [1.165, 1.54) is 33.4 Å². The molecular formula is C38H51ClF2KN4O2-. The Labute approximate surface area is 335 Å². The van der Waals surface area contributed by atoms with Crippen molar-refractivity contribution in [1.82, 2.24) is 10.3 Å². The Bertz CT molecular complexity index is 1460. The van der Waals surface area contributed by atoms with Crippen LogP contribution in [0.15, 0.2) is 72.7 Å².